The molecule has 1 aromatic carbocycles. The average molecular weight is 249 g/mol. The molecule has 0 heterocycles. The van der Waals surface area contributed by atoms with Gasteiger partial charge in [-0.2, -0.15) is 0 Å². The molecule has 98 valence electrons. The van der Waals surface area contributed by atoms with Crippen LogP contribution in [0.1, 0.15) is 13.3 Å². The summed E-state index contributed by atoms with van der Waals surface area (Å²) in [6.07, 6.45) is 0.459. The summed E-state index contributed by atoms with van der Waals surface area (Å²) in [5, 5.41) is 5.84. The lowest BCUT2D eigenvalue weighted by atomic mass is 10.2. The quantitative estimate of drug-likeness (QED) is 0.832. The molecule has 0 bridgehead atoms. The molecular weight excluding hydrogens is 230 g/mol. The molecule has 1 aromatic rings. The molecule has 0 spiro atoms. The van der Waals surface area contributed by atoms with Gasteiger partial charge in [0.2, 0.25) is 11.8 Å². The Labute approximate surface area is 107 Å². The fourth-order valence-electron chi connectivity index (χ4n) is 1.41. The normalized spacial score (nSPS) is 9.72. The molecular formula is C13H19N3O2. The number of nitrogens with one attached hydrogen (secondary N) is 2. The maximum Gasteiger partial charge on any atom is 0.223 e. The molecule has 18 heavy (non-hydrogen) atoms. The van der Waals surface area contributed by atoms with Gasteiger partial charge in [0.15, 0.2) is 0 Å². The van der Waals surface area contributed by atoms with E-state index in [9.17, 15) is 9.59 Å². The summed E-state index contributed by atoms with van der Waals surface area (Å²) in [4.78, 5) is 23.8. The largest absolute Gasteiger partial charge is 0.385 e. The maximum absolute atomic E-state index is 11.3. The Morgan fingerprint density at radius 3 is 2.17 bits per heavy atom. The molecule has 0 fully saturated rings. The average Bonchev–Trinajstić information content (AvgIpc) is 2.30. The summed E-state index contributed by atoms with van der Waals surface area (Å²) in [5.74, 6) is 0.00431. The van der Waals surface area contributed by atoms with E-state index in [0.29, 0.717) is 13.0 Å². The Kier molecular flexibility index (Phi) is 5.17. The Bertz CT molecular complexity index is 413. The van der Waals surface area contributed by atoms with Gasteiger partial charge in [-0.1, -0.05) is 0 Å². The van der Waals surface area contributed by atoms with Crippen LogP contribution in [0.15, 0.2) is 24.3 Å². The fourth-order valence-corrected chi connectivity index (χ4v) is 1.41. The van der Waals surface area contributed by atoms with E-state index in [0.717, 1.165) is 11.4 Å². The summed E-state index contributed by atoms with van der Waals surface area (Å²) in [6.45, 7) is 2.06. The third kappa shape index (κ3) is 4.86. The Morgan fingerprint density at radius 1 is 1.11 bits per heavy atom. The van der Waals surface area contributed by atoms with Gasteiger partial charge >= 0.3 is 0 Å². The molecule has 0 atom stereocenters. The third-order valence-corrected chi connectivity index (χ3v) is 2.37. The molecule has 5 nitrogen and oxygen atoms in total. The van der Waals surface area contributed by atoms with Crippen LogP contribution < -0.4 is 10.6 Å². The van der Waals surface area contributed by atoms with Gasteiger partial charge in [-0.05, 0) is 24.3 Å². The lowest BCUT2D eigenvalue weighted by Gasteiger charge is -2.11. The van der Waals surface area contributed by atoms with Crippen molar-refractivity contribution in [3.63, 3.8) is 0 Å². The molecule has 0 unspecified atom stereocenters. The highest BCUT2D eigenvalue weighted by atomic mass is 16.2. The second-order valence-electron chi connectivity index (χ2n) is 4.22. The van der Waals surface area contributed by atoms with Crippen molar-refractivity contribution in [2.45, 2.75) is 13.3 Å². The van der Waals surface area contributed by atoms with Crippen molar-refractivity contribution < 1.29 is 9.59 Å². The molecule has 0 aliphatic carbocycles. The first-order chi connectivity index (χ1) is 8.49. The van der Waals surface area contributed by atoms with Gasteiger partial charge in [-0.25, -0.2) is 0 Å². The van der Waals surface area contributed by atoms with Crippen LogP contribution >= 0.6 is 0 Å². The van der Waals surface area contributed by atoms with E-state index in [4.69, 9.17) is 0 Å². The van der Waals surface area contributed by atoms with Crippen molar-refractivity contribution in [2.24, 2.45) is 0 Å². The summed E-state index contributed by atoms with van der Waals surface area (Å²) < 4.78 is 0. The Balaban J connectivity index is 2.39. The molecule has 0 aliphatic rings. The number of hydrogen-bond acceptors (Lipinski definition) is 3. The van der Waals surface area contributed by atoms with Gasteiger partial charge in [0, 0.05) is 45.4 Å². The topological polar surface area (TPSA) is 61.4 Å². The summed E-state index contributed by atoms with van der Waals surface area (Å²) in [7, 11) is 3.48. The predicted molar refractivity (Wildman–Crippen MR) is 72.5 cm³/mol. The van der Waals surface area contributed by atoms with Crippen LogP contribution in [0, 0.1) is 0 Å². The zero-order chi connectivity index (χ0) is 13.5. The van der Waals surface area contributed by atoms with Crippen molar-refractivity contribution in [3.8, 4) is 0 Å². The number of nitrogens with zero attached hydrogens (tertiary/aromatic N) is 1. The minimum Gasteiger partial charge on any atom is -0.385 e. The summed E-state index contributed by atoms with van der Waals surface area (Å²) >= 11 is 0. The van der Waals surface area contributed by atoms with E-state index in [-0.39, 0.29) is 11.8 Å². The first-order valence-electron chi connectivity index (χ1n) is 5.80. The van der Waals surface area contributed by atoms with E-state index >= 15 is 0 Å². The smallest absolute Gasteiger partial charge is 0.223 e. The first kappa shape index (κ1) is 14.0. The molecule has 0 saturated heterocycles. The van der Waals surface area contributed by atoms with Gasteiger partial charge in [-0.3, -0.25) is 9.59 Å². The molecule has 0 saturated carbocycles. The standard InChI is InChI=1S/C13H19N3O2/c1-10(17)15-12-6-4-11(5-7-12)14-9-8-13(18)16(2)3/h4-7,14H,8-9H2,1-3H3,(H,15,17). The number of carbonyl (C=O) groups excluding carboxylic acids is 2. The van der Waals surface area contributed by atoms with Crippen LogP contribution in [0.4, 0.5) is 11.4 Å². The van der Waals surface area contributed by atoms with Gasteiger partial charge in [0.25, 0.3) is 0 Å². The molecule has 0 radical (unpaired) electrons. The number of hydrogen-bond donors (Lipinski definition) is 2. The Morgan fingerprint density at radius 2 is 1.67 bits per heavy atom. The molecule has 1 rings (SSSR count). The predicted octanol–water partition coefficient (Wildman–Crippen LogP) is 1.54. The van der Waals surface area contributed by atoms with Crippen molar-refractivity contribution in [1.29, 1.82) is 0 Å². The summed E-state index contributed by atoms with van der Waals surface area (Å²) in [6, 6.07) is 7.37. The Hall–Kier alpha value is -2.04. The van der Waals surface area contributed by atoms with E-state index in [1.54, 1.807) is 19.0 Å². The first-order valence-corrected chi connectivity index (χ1v) is 5.80. The second-order valence-corrected chi connectivity index (χ2v) is 4.22. The zero-order valence-corrected chi connectivity index (χ0v) is 11.0. The highest BCUT2D eigenvalue weighted by molar-refractivity contribution is 5.88. The molecule has 2 amide bonds. The molecule has 0 aromatic heterocycles. The minimum absolute atomic E-state index is 0.0905. The van der Waals surface area contributed by atoms with E-state index in [2.05, 4.69) is 10.6 Å². The molecule has 5 heteroatoms. The van der Waals surface area contributed by atoms with Crippen LogP contribution in [-0.4, -0.2) is 37.4 Å². The van der Waals surface area contributed by atoms with Gasteiger partial charge < -0.3 is 15.5 Å². The number of rotatable bonds is 5. The van der Waals surface area contributed by atoms with Gasteiger partial charge in [0.05, 0.1) is 0 Å². The van der Waals surface area contributed by atoms with Gasteiger partial charge in [0.1, 0.15) is 0 Å². The second kappa shape index (κ2) is 6.64. The minimum atomic E-state index is -0.0905. The highest BCUT2D eigenvalue weighted by Gasteiger charge is 2.02. The summed E-state index contributed by atoms with van der Waals surface area (Å²) in [5.41, 5.74) is 1.69. The van der Waals surface area contributed by atoms with Crippen molar-refractivity contribution in [2.75, 3.05) is 31.3 Å². The zero-order valence-electron chi connectivity index (χ0n) is 11.0. The van der Waals surface area contributed by atoms with Crippen LogP contribution in [0.3, 0.4) is 0 Å². The third-order valence-electron chi connectivity index (χ3n) is 2.37. The lowest BCUT2D eigenvalue weighted by Crippen LogP contribution is -2.23. The van der Waals surface area contributed by atoms with E-state index in [1.165, 1.54) is 6.92 Å². The fraction of sp³-hybridized carbons (Fsp3) is 0.385. The van der Waals surface area contributed by atoms with Crippen LogP contribution in [-0.2, 0) is 9.59 Å². The number of benzene rings is 1. The van der Waals surface area contributed by atoms with Crippen molar-refractivity contribution >= 4 is 23.2 Å². The van der Waals surface area contributed by atoms with Gasteiger partial charge in [-0.15, -0.1) is 0 Å². The SMILES string of the molecule is CC(=O)Nc1ccc(NCCC(=O)N(C)C)cc1. The van der Waals surface area contributed by atoms with Crippen LogP contribution in [0.2, 0.25) is 0 Å². The maximum atomic E-state index is 11.3. The monoisotopic (exact) mass is 249 g/mol. The molecule has 0 aliphatic heterocycles. The lowest BCUT2D eigenvalue weighted by molar-refractivity contribution is -0.128. The number of carbonyl (C=O) groups is 2. The van der Waals surface area contributed by atoms with E-state index < -0.39 is 0 Å². The molecule has 2 N–H and O–H groups in total. The van der Waals surface area contributed by atoms with Crippen LogP contribution in [0.25, 0.3) is 0 Å². The van der Waals surface area contributed by atoms with Crippen LogP contribution in [0.5, 0.6) is 0 Å². The van der Waals surface area contributed by atoms with Crippen molar-refractivity contribution in [3.05, 3.63) is 24.3 Å². The highest BCUT2D eigenvalue weighted by Crippen LogP contribution is 2.13. The number of anilines is 2. The van der Waals surface area contributed by atoms with E-state index in [1.807, 2.05) is 24.3 Å². The van der Waals surface area contributed by atoms with Crippen molar-refractivity contribution in [1.82, 2.24) is 4.90 Å². The number of amides is 2.